The molecular formula is C14H21N7. The molecule has 21 heavy (non-hydrogen) atoms. The lowest BCUT2D eigenvalue weighted by Crippen LogP contribution is -2.30. The van der Waals surface area contributed by atoms with Crippen LogP contribution in [0.25, 0.3) is 11.3 Å². The fourth-order valence-electron chi connectivity index (χ4n) is 2.76. The molecule has 0 aliphatic carbocycles. The van der Waals surface area contributed by atoms with Crippen molar-refractivity contribution in [2.75, 3.05) is 30.8 Å². The molecule has 0 amide bonds. The molecule has 1 aliphatic rings. The van der Waals surface area contributed by atoms with E-state index in [2.05, 4.69) is 37.3 Å². The van der Waals surface area contributed by atoms with Crippen LogP contribution in [0.4, 0.5) is 11.8 Å². The minimum atomic E-state index is 0.304. The highest BCUT2D eigenvalue weighted by Crippen LogP contribution is 2.26. The molecule has 1 fully saturated rings. The van der Waals surface area contributed by atoms with Crippen LogP contribution in [0.15, 0.2) is 12.3 Å². The monoisotopic (exact) mass is 287 g/mol. The second-order valence-corrected chi connectivity index (χ2v) is 5.31. The fourth-order valence-corrected chi connectivity index (χ4v) is 2.76. The number of aromatic nitrogens is 4. The number of nitrogens with zero attached hydrogens (tertiary/aromatic N) is 4. The number of aryl methyl sites for hydroxylation is 1. The topological polar surface area (TPSA) is 95.8 Å². The van der Waals surface area contributed by atoms with E-state index in [4.69, 9.17) is 5.73 Å². The van der Waals surface area contributed by atoms with Gasteiger partial charge in [0.05, 0.1) is 11.9 Å². The molecule has 0 unspecified atom stereocenters. The quantitative estimate of drug-likeness (QED) is 0.770. The van der Waals surface area contributed by atoms with Crippen LogP contribution in [-0.4, -0.2) is 46.3 Å². The maximum Gasteiger partial charge on any atom is 0.222 e. The SMILES string of the molecule is CCc1[nH]ncc1-c1cc(N2CC[C@@H](NC)C2)nc(N)n1. The molecule has 4 N–H and O–H groups in total. The van der Waals surface area contributed by atoms with Gasteiger partial charge in [0.2, 0.25) is 5.95 Å². The van der Waals surface area contributed by atoms with Crippen LogP contribution >= 0.6 is 0 Å². The molecule has 0 radical (unpaired) electrons. The van der Waals surface area contributed by atoms with Gasteiger partial charge in [-0.15, -0.1) is 0 Å². The van der Waals surface area contributed by atoms with Gasteiger partial charge in [-0.1, -0.05) is 6.92 Å². The van der Waals surface area contributed by atoms with Gasteiger partial charge < -0.3 is 16.0 Å². The first-order chi connectivity index (χ1) is 10.2. The molecule has 3 heterocycles. The van der Waals surface area contributed by atoms with Crippen molar-refractivity contribution in [1.29, 1.82) is 0 Å². The summed E-state index contributed by atoms with van der Waals surface area (Å²) in [6, 6.07) is 2.50. The predicted octanol–water partition coefficient (Wildman–Crippen LogP) is 0.809. The number of nitrogen functional groups attached to an aromatic ring is 1. The fraction of sp³-hybridized carbons (Fsp3) is 0.500. The van der Waals surface area contributed by atoms with Crippen molar-refractivity contribution in [2.45, 2.75) is 25.8 Å². The summed E-state index contributed by atoms with van der Waals surface area (Å²) in [6.07, 6.45) is 3.78. The van der Waals surface area contributed by atoms with E-state index in [1.807, 2.05) is 13.1 Å². The molecule has 7 heteroatoms. The van der Waals surface area contributed by atoms with Crippen molar-refractivity contribution in [3.8, 4) is 11.3 Å². The molecule has 0 bridgehead atoms. The molecular weight excluding hydrogens is 266 g/mol. The Labute approximate surface area is 124 Å². The number of hydrogen-bond acceptors (Lipinski definition) is 6. The van der Waals surface area contributed by atoms with E-state index in [1.165, 1.54) is 0 Å². The minimum Gasteiger partial charge on any atom is -0.368 e. The Morgan fingerprint density at radius 2 is 2.33 bits per heavy atom. The van der Waals surface area contributed by atoms with E-state index >= 15 is 0 Å². The lowest BCUT2D eigenvalue weighted by atomic mass is 10.1. The minimum absolute atomic E-state index is 0.304. The predicted molar refractivity (Wildman–Crippen MR) is 83.1 cm³/mol. The Bertz CT molecular complexity index is 622. The summed E-state index contributed by atoms with van der Waals surface area (Å²) < 4.78 is 0. The molecule has 0 saturated carbocycles. The van der Waals surface area contributed by atoms with Gasteiger partial charge in [0.25, 0.3) is 0 Å². The number of nitrogens with one attached hydrogen (secondary N) is 2. The van der Waals surface area contributed by atoms with E-state index in [0.717, 1.165) is 48.7 Å². The van der Waals surface area contributed by atoms with Gasteiger partial charge in [-0.25, -0.2) is 4.98 Å². The van der Waals surface area contributed by atoms with Crippen LogP contribution in [0.2, 0.25) is 0 Å². The molecule has 112 valence electrons. The Hall–Kier alpha value is -2.15. The van der Waals surface area contributed by atoms with Crippen molar-refractivity contribution in [3.05, 3.63) is 18.0 Å². The smallest absolute Gasteiger partial charge is 0.222 e. The molecule has 0 spiro atoms. The molecule has 1 atom stereocenters. The average molecular weight is 287 g/mol. The lowest BCUT2D eigenvalue weighted by molar-refractivity contribution is 0.616. The van der Waals surface area contributed by atoms with Gasteiger partial charge >= 0.3 is 0 Å². The van der Waals surface area contributed by atoms with Crippen LogP contribution in [0, 0.1) is 0 Å². The summed E-state index contributed by atoms with van der Waals surface area (Å²) in [7, 11) is 1.99. The molecule has 2 aromatic rings. The number of H-pyrrole nitrogens is 1. The largest absolute Gasteiger partial charge is 0.368 e. The van der Waals surface area contributed by atoms with E-state index in [0.29, 0.717) is 12.0 Å². The number of aromatic amines is 1. The van der Waals surface area contributed by atoms with E-state index in [-0.39, 0.29) is 0 Å². The van der Waals surface area contributed by atoms with E-state index in [1.54, 1.807) is 6.20 Å². The summed E-state index contributed by atoms with van der Waals surface area (Å²) in [4.78, 5) is 11.0. The van der Waals surface area contributed by atoms with Gasteiger partial charge in [0.15, 0.2) is 0 Å². The number of hydrogen-bond donors (Lipinski definition) is 3. The van der Waals surface area contributed by atoms with Gasteiger partial charge in [-0.05, 0) is 19.9 Å². The second kappa shape index (κ2) is 5.69. The molecule has 1 aliphatic heterocycles. The second-order valence-electron chi connectivity index (χ2n) is 5.31. The standard InChI is InChI=1S/C14H21N7/c1-3-11-10(7-17-20-11)12-6-13(19-14(15)18-12)21-5-4-9(8-21)16-2/h6-7,9,16H,3-5,8H2,1-2H3,(H,17,20)(H2,15,18,19)/t9-/m1/s1. The number of anilines is 2. The summed E-state index contributed by atoms with van der Waals surface area (Å²) in [5, 5.41) is 10.4. The van der Waals surface area contributed by atoms with Crippen LogP contribution in [0.3, 0.4) is 0 Å². The number of rotatable bonds is 4. The Kier molecular flexibility index (Phi) is 3.74. The lowest BCUT2D eigenvalue weighted by Gasteiger charge is -2.18. The van der Waals surface area contributed by atoms with Gasteiger partial charge in [-0.2, -0.15) is 10.1 Å². The molecule has 3 rings (SSSR count). The number of nitrogens with two attached hydrogens (primary N) is 1. The zero-order chi connectivity index (χ0) is 14.8. The summed E-state index contributed by atoms with van der Waals surface area (Å²) in [5.41, 5.74) is 8.79. The van der Waals surface area contributed by atoms with E-state index < -0.39 is 0 Å². The van der Waals surface area contributed by atoms with Crippen LogP contribution in [0.1, 0.15) is 19.0 Å². The summed E-state index contributed by atoms with van der Waals surface area (Å²) in [6.45, 7) is 4.01. The van der Waals surface area contributed by atoms with Gasteiger partial charge in [0, 0.05) is 36.5 Å². The Balaban J connectivity index is 1.94. The van der Waals surface area contributed by atoms with E-state index in [9.17, 15) is 0 Å². The Morgan fingerprint density at radius 1 is 1.48 bits per heavy atom. The normalized spacial score (nSPS) is 18.4. The van der Waals surface area contributed by atoms with Crippen molar-refractivity contribution in [1.82, 2.24) is 25.5 Å². The first-order valence-electron chi connectivity index (χ1n) is 7.30. The third kappa shape index (κ3) is 2.69. The maximum atomic E-state index is 5.90. The highest BCUT2D eigenvalue weighted by Gasteiger charge is 2.23. The highest BCUT2D eigenvalue weighted by molar-refractivity contribution is 5.66. The summed E-state index contributed by atoms with van der Waals surface area (Å²) >= 11 is 0. The molecule has 7 nitrogen and oxygen atoms in total. The molecule has 0 aromatic carbocycles. The average Bonchev–Trinajstić information content (AvgIpc) is 3.15. The molecule has 2 aromatic heterocycles. The van der Waals surface area contributed by atoms with Crippen molar-refractivity contribution < 1.29 is 0 Å². The van der Waals surface area contributed by atoms with Crippen molar-refractivity contribution >= 4 is 11.8 Å². The van der Waals surface area contributed by atoms with Crippen LogP contribution in [0.5, 0.6) is 0 Å². The first-order valence-corrected chi connectivity index (χ1v) is 7.30. The van der Waals surface area contributed by atoms with Gasteiger partial charge in [-0.3, -0.25) is 5.10 Å². The van der Waals surface area contributed by atoms with Crippen molar-refractivity contribution in [3.63, 3.8) is 0 Å². The number of likely N-dealkylation sites (N-methyl/N-ethyl adjacent to an activating group) is 1. The third-order valence-electron chi connectivity index (χ3n) is 4.00. The van der Waals surface area contributed by atoms with Gasteiger partial charge in [0.1, 0.15) is 5.82 Å². The summed E-state index contributed by atoms with van der Waals surface area (Å²) in [5.74, 6) is 1.19. The zero-order valence-electron chi connectivity index (χ0n) is 12.4. The zero-order valence-corrected chi connectivity index (χ0v) is 12.4. The first kappa shape index (κ1) is 13.8. The van der Waals surface area contributed by atoms with Crippen LogP contribution < -0.4 is 16.0 Å². The van der Waals surface area contributed by atoms with Crippen LogP contribution in [-0.2, 0) is 6.42 Å². The maximum absolute atomic E-state index is 5.90. The Morgan fingerprint density at radius 3 is 3.05 bits per heavy atom. The molecule has 1 saturated heterocycles. The van der Waals surface area contributed by atoms with Crippen molar-refractivity contribution in [2.24, 2.45) is 0 Å². The highest BCUT2D eigenvalue weighted by atomic mass is 15.2. The third-order valence-corrected chi connectivity index (χ3v) is 4.00.